The fourth-order valence-corrected chi connectivity index (χ4v) is 4.15. The molecule has 0 aromatic heterocycles. The maximum atomic E-state index is 14.3. The van der Waals surface area contributed by atoms with Crippen LogP contribution in [0.4, 0.5) is 10.1 Å². The second-order valence-corrected chi connectivity index (χ2v) is 7.95. The number of benzene rings is 3. The second kappa shape index (κ2) is 9.64. The van der Waals surface area contributed by atoms with Crippen molar-refractivity contribution in [1.82, 2.24) is 4.90 Å². The van der Waals surface area contributed by atoms with Crippen LogP contribution in [0.2, 0.25) is 0 Å². The number of piperidine rings is 1. The van der Waals surface area contributed by atoms with Crippen molar-refractivity contribution in [2.45, 2.75) is 12.3 Å². The fourth-order valence-electron chi connectivity index (χ4n) is 4.15. The molecule has 0 spiro atoms. The normalized spacial score (nSPS) is 18.1. The van der Waals surface area contributed by atoms with E-state index in [4.69, 9.17) is 4.74 Å². The van der Waals surface area contributed by atoms with Crippen LogP contribution >= 0.6 is 0 Å². The van der Waals surface area contributed by atoms with Gasteiger partial charge in [0, 0.05) is 24.7 Å². The van der Waals surface area contributed by atoms with Crippen molar-refractivity contribution in [1.29, 1.82) is 0 Å². The Morgan fingerprint density at radius 1 is 0.938 bits per heavy atom. The molecule has 2 atom stereocenters. The molecule has 1 heterocycles. The number of halogens is 1. The first kappa shape index (κ1) is 21.6. The van der Waals surface area contributed by atoms with Crippen LogP contribution < -0.4 is 10.1 Å². The Balaban J connectivity index is 1.57. The number of carbonyl (C=O) groups is 2. The van der Waals surface area contributed by atoms with E-state index in [1.807, 2.05) is 30.3 Å². The number of likely N-dealkylation sites (tertiary alicyclic amines) is 1. The molecular weight excluding hydrogens is 407 g/mol. The largest absolute Gasteiger partial charge is 0.497 e. The van der Waals surface area contributed by atoms with Gasteiger partial charge in [-0.05, 0) is 48.4 Å². The first-order chi connectivity index (χ1) is 15.5. The standard InChI is InChI=1S/C26H25FN2O3/c1-32-22-13-11-21(12-14-22)28-25(30)20-15-19(18-7-3-2-4-8-18)16-29(17-20)26(31)23-9-5-6-10-24(23)27/h2-14,19-20H,15-17H2,1H3,(H,28,30). The Hall–Kier alpha value is -3.67. The Morgan fingerprint density at radius 3 is 2.31 bits per heavy atom. The van der Waals surface area contributed by atoms with Gasteiger partial charge in [0.2, 0.25) is 5.91 Å². The molecule has 4 rings (SSSR count). The predicted molar refractivity (Wildman–Crippen MR) is 121 cm³/mol. The lowest BCUT2D eigenvalue weighted by molar-refractivity contribution is -0.121. The van der Waals surface area contributed by atoms with Gasteiger partial charge in [-0.25, -0.2) is 4.39 Å². The second-order valence-electron chi connectivity index (χ2n) is 7.95. The summed E-state index contributed by atoms with van der Waals surface area (Å²) in [6.07, 6.45) is 0.604. The number of nitrogens with zero attached hydrogens (tertiary/aromatic N) is 1. The van der Waals surface area contributed by atoms with E-state index in [0.29, 0.717) is 24.4 Å². The van der Waals surface area contributed by atoms with E-state index < -0.39 is 17.6 Å². The number of rotatable bonds is 5. The Labute approximate surface area is 186 Å². The van der Waals surface area contributed by atoms with Crippen LogP contribution in [0.5, 0.6) is 5.75 Å². The summed E-state index contributed by atoms with van der Waals surface area (Å²) in [5, 5.41) is 2.94. The first-order valence-corrected chi connectivity index (χ1v) is 10.6. The van der Waals surface area contributed by atoms with Gasteiger partial charge in [-0.3, -0.25) is 9.59 Å². The van der Waals surface area contributed by atoms with Crippen LogP contribution in [-0.2, 0) is 4.79 Å². The zero-order valence-electron chi connectivity index (χ0n) is 17.8. The molecule has 1 aliphatic heterocycles. The summed E-state index contributed by atoms with van der Waals surface area (Å²) >= 11 is 0. The number of nitrogens with one attached hydrogen (secondary N) is 1. The van der Waals surface area contributed by atoms with Crippen LogP contribution in [0, 0.1) is 11.7 Å². The molecule has 0 radical (unpaired) electrons. The van der Waals surface area contributed by atoms with Gasteiger partial charge in [0.05, 0.1) is 18.6 Å². The summed E-state index contributed by atoms with van der Waals surface area (Å²) in [6, 6.07) is 22.9. The Bertz CT molecular complexity index is 1090. The SMILES string of the molecule is COc1ccc(NC(=O)C2CC(c3ccccc3)CN(C(=O)c3ccccc3F)C2)cc1. The molecule has 1 fully saturated rings. The Morgan fingerprint density at radius 2 is 1.62 bits per heavy atom. The third-order valence-corrected chi connectivity index (χ3v) is 5.84. The lowest BCUT2D eigenvalue weighted by atomic mass is 9.83. The van der Waals surface area contributed by atoms with E-state index in [2.05, 4.69) is 5.32 Å². The molecule has 2 amide bonds. The number of hydrogen-bond acceptors (Lipinski definition) is 3. The third-order valence-electron chi connectivity index (χ3n) is 5.84. The van der Waals surface area contributed by atoms with Gasteiger partial charge in [0.15, 0.2) is 0 Å². The topological polar surface area (TPSA) is 58.6 Å². The lowest BCUT2D eigenvalue weighted by Gasteiger charge is -2.37. The minimum absolute atomic E-state index is 0.0210. The first-order valence-electron chi connectivity index (χ1n) is 10.6. The molecular formula is C26H25FN2O3. The highest BCUT2D eigenvalue weighted by molar-refractivity contribution is 5.96. The van der Waals surface area contributed by atoms with Gasteiger partial charge in [0.1, 0.15) is 11.6 Å². The fraction of sp³-hybridized carbons (Fsp3) is 0.231. The number of ether oxygens (including phenoxy) is 1. The van der Waals surface area contributed by atoms with Crippen molar-refractivity contribution in [3.8, 4) is 5.75 Å². The van der Waals surface area contributed by atoms with Crippen molar-refractivity contribution >= 4 is 17.5 Å². The molecule has 164 valence electrons. The molecule has 32 heavy (non-hydrogen) atoms. The van der Waals surface area contributed by atoms with Crippen molar-refractivity contribution in [3.05, 3.63) is 95.8 Å². The maximum Gasteiger partial charge on any atom is 0.256 e. The van der Waals surface area contributed by atoms with Crippen LogP contribution in [0.1, 0.15) is 28.3 Å². The van der Waals surface area contributed by atoms with Gasteiger partial charge >= 0.3 is 0 Å². The highest BCUT2D eigenvalue weighted by Crippen LogP contribution is 2.32. The monoisotopic (exact) mass is 432 g/mol. The number of methoxy groups -OCH3 is 1. The molecule has 5 nitrogen and oxygen atoms in total. The number of hydrogen-bond donors (Lipinski definition) is 1. The van der Waals surface area contributed by atoms with Crippen LogP contribution in [0.25, 0.3) is 0 Å². The summed E-state index contributed by atoms with van der Waals surface area (Å²) in [6.45, 7) is 0.669. The lowest BCUT2D eigenvalue weighted by Crippen LogP contribution is -2.46. The van der Waals surface area contributed by atoms with Gasteiger partial charge in [-0.1, -0.05) is 42.5 Å². The van der Waals surface area contributed by atoms with Gasteiger partial charge in [-0.2, -0.15) is 0 Å². The molecule has 2 unspecified atom stereocenters. The zero-order valence-corrected chi connectivity index (χ0v) is 17.8. The van der Waals surface area contributed by atoms with E-state index in [-0.39, 0.29) is 23.9 Å². The zero-order chi connectivity index (χ0) is 22.5. The summed E-state index contributed by atoms with van der Waals surface area (Å²) < 4.78 is 19.4. The van der Waals surface area contributed by atoms with Gasteiger partial charge < -0.3 is 15.0 Å². The third kappa shape index (κ3) is 4.80. The highest BCUT2D eigenvalue weighted by Gasteiger charge is 2.35. The number of anilines is 1. The number of carbonyl (C=O) groups excluding carboxylic acids is 2. The van der Waals surface area contributed by atoms with Crippen molar-refractivity contribution in [2.75, 3.05) is 25.5 Å². The van der Waals surface area contributed by atoms with E-state index >= 15 is 0 Å². The van der Waals surface area contributed by atoms with Gasteiger partial charge in [-0.15, -0.1) is 0 Å². The average molecular weight is 432 g/mol. The minimum Gasteiger partial charge on any atom is -0.497 e. The molecule has 1 saturated heterocycles. The summed E-state index contributed by atoms with van der Waals surface area (Å²) in [5.41, 5.74) is 1.74. The quantitative estimate of drug-likeness (QED) is 0.635. The highest BCUT2D eigenvalue weighted by atomic mass is 19.1. The molecule has 1 N–H and O–H groups in total. The summed E-state index contributed by atoms with van der Waals surface area (Å²) in [5.74, 6) is -0.864. The molecule has 1 aliphatic rings. The van der Waals surface area contributed by atoms with Gasteiger partial charge in [0.25, 0.3) is 5.91 Å². The summed E-state index contributed by atoms with van der Waals surface area (Å²) in [4.78, 5) is 27.8. The van der Waals surface area contributed by atoms with Crippen molar-refractivity contribution in [3.63, 3.8) is 0 Å². The molecule has 0 saturated carbocycles. The summed E-state index contributed by atoms with van der Waals surface area (Å²) in [7, 11) is 1.58. The number of amides is 2. The van der Waals surface area contributed by atoms with Crippen molar-refractivity contribution < 1.29 is 18.7 Å². The molecule has 6 heteroatoms. The Kier molecular flexibility index (Phi) is 6.50. The smallest absolute Gasteiger partial charge is 0.256 e. The van der Waals surface area contributed by atoms with Crippen LogP contribution in [0.3, 0.4) is 0 Å². The average Bonchev–Trinajstić information content (AvgIpc) is 2.84. The van der Waals surface area contributed by atoms with Crippen LogP contribution in [-0.4, -0.2) is 36.9 Å². The minimum atomic E-state index is -0.557. The van der Waals surface area contributed by atoms with E-state index in [9.17, 15) is 14.0 Å². The predicted octanol–water partition coefficient (Wildman–Crippen LogP) is 4.72. The molecule has 0 aliphatic carbocycles. The van der Waals surface area contributed by atoms with E-state index in [0.717, 1.165) is 5.56 Å². The molecule has 0 bridgehead atoms. The molecule has 3 aromatic rings. The maximum absolute atomic E-state index is 14.3. The van der Waals surface area contributed by atoms with Crippen molar-refractivity contribution in [2.24, 2.45) is 5.92 Å². The van der Waals surface area contributed by atoms with E-state index in [1.54, 1.807) is 48.4 Å². The van der Waals surface area contributed by atoms with Crippen LogP contribution in [0.15, 0.2) is 78.9 Å². The molecule has 3 aromatic carbocycles. The van der Waals surface area contributed by atoms with E-state index in [1.165, 1.54) is 12.1 Å².